The number of rotatable bonds is 2. The van der Waals surface area contributed by atoms with Gasteiger partial charge < -0.3 is 9.30 Å². The Morgan fingerprint density at radius 2 is 2.10 bits per heavy atom. The van der Waals surface area contributed by atoms with Crippen LogP contribution in [-0.4, -0.2) is 21.1 Å². The number of nitrogens with zero attached hydrogens (tertiary/aromatic N) is 2. The van der Waals surface area contributed by atoms with Gasteiger partial charge in [0.25, 0.3) is 0 Å². The van der Waals surface area contributed by atoms with Gasteiger partial charge in [0.15, 0.2) is 0 Å². The van der Waals surface area contributed by atoms with Crippen LogP contribution in [0.4, 0.5) is 0 Å². The Morgan fingerprint density at radius 3 is 2.85 bits per heavy atom. The lowest BCUT2D eigenvalue weighted by molar-refractivity contribution is -0.0265. The third kappa shape index (κ3) is 1.83. The number of carbonyl (C=O) groups is 1. The standard InChI is InChI=1S/C16H18N2O2/c1-4-11-9-17-10-18(11)14-12-7-5-6-8-13(12)15(19)20-16(14,2)3/h5-10,14H,4H2,1-3H3/t14-/m0/s1. The fourth-order valence-electron chi connectivity index (χ4n) is 2.97. The largest absolute Gasteiger partial charge is 0.453 e. The van der Waals surface area contributed by atoms with Crippen molar-refractivity contribution in [3.05, 3.63) is 53.6 Å². The molecule has 3 rings (SSSR count). The molecule has 0 radical (unpaired) electrons. The molecule has 0 unspecified atom stereocenters. The van der Waals surface area contributed by atoms with Crippen molar-refractivity contribution in [2.45, 2.75) is 38.8 Å². The molecule has 1 aromatic carbocycles. The normalized spacial score (nSPS) is 20.4. The third-order valence-corrected chi connectivity index (χ3v) is 3.88. The highest BCUT2D eigenvalue weighted by molar-refractivity contribution is 5.93. The van der Waals surface area contributed by atoms with Gasteiger partial charge in [0.2, 0.25) is 0 Å². The first-order valence-electron chi connectivity index (χ1n) is 6.87. The number of carbonyl (C=O) groups excluding carboxylic acids is 1. The molecule has 0 bridgehead atoms. The fourth-order valence-corrected chi connectivity index (χ4v) is 2.97. The number of benzene rings is 1. The predicted octanol–water partition coefficient (Wildman–Crippen LogP) is 2.98. The van der Waals surface area contributed by atoms with Crippen LogP contribution >= 0.6 is 0 Å². The van der Waals surface area contributed by atoms with Gasteiger partial charge in [0, 0.05) is 11.9 Å². The Balaban J connectivity index is 2.22. The van der Waals surface area contributed by atoms with Crippen LogP contribution in [0, 0.1) is 0 Å². The van der Waals surface area contributed by atoms with Crippen molar-refractivity contribution in [1.29, 1.82) is 0 Å². The summed E-state index contributed by atoms with van der Waals surface area (Å²) >= 11 is 0. The molecule has 4 nitrogen and oxygen atoms in total. The zero-order chi connectivity index (χ0) is 14.3. The number of aryl methyl sites for hydroxylation is 1. The molecular weight excluding hydrogens is 252 g/mol. The van der Waals surface area contributed by atoms with Crippen LogP contribution in [0.1, 0.15) is 48.4 Å². The second-order valence-electron chi connectivity index (χ2n) is 5.63. The van der Waals surface area contributed by atoms with E-state index in [0.717, 1.165) is 17.7 Å². The minimum absolute atomic E-state index is 0.0474. The van der Waals surface area contributed by atoms with Gasteiger partial charge in [-0.15, -0.1) is 0 Å². The van der Waals surface area contributed by atoms with Crippen LogP contribution in [0.3, 0.4) is 0 Å². The molecule has 0 aliphatic carbocycles. The average Bonchev–Trinajstić information content (AvgIpc) is 2.86. The van der Waals surface area contributed by atoms with Crippen molar-refractivity contribution in [1.82, 2.24) is 9.55 Å². The van der Waals surface area contributed by atoms with E-state index >= 15 is 0 Å². The first kappa shape index (κ1) is 12.9. The lowest BCUT2D eigenvalue weighted by atomic mass is 9.85. The number of imidazole rings is 1. The smallest absolute Gasteiger partial charge is 0.339 e. The number of esters is 1. The summed E-state index contributed by atoms with van der Waals surface area (Å²) in [5.74, 6) is -0.250. The Bertz CT molecular complexity index is 658. The summed E-state index contributed by atoms with van der Waals surface area (Å²) in [5.41, 5.74) is 2.18. The van der Waals surface area contributed by atoms with E-state index in [0.29, 0.717) is 5.56 Å². The maximum absolute atomic E-state index is 12.1. The van der Waals surface area contributed by atoms with E-state index < -0.39 is 5.60 Å². The highest BCUT2D eigenvalue weighted by atomic mass is 16.6. The Morgan fingerprint density at radius 1 is 1.35 bits per heavy atom. The quantitative estimate of drug-likeness (QED) is 0.788. The average molecular weight is 270 g/mol. The lowest BCUT2D eigenvalue weighted by Crippen LogP contribution is -2.43. The van der Waals surface area contributed by atoms with Gasteiger partial charge in [-0.2, -0.15) is 0 Å². The van der Waals surface area contributed by atoms with Crippen LogP contribution in [0.5, 0.6) is 0 Å². The van der Waals surface area contributed by atoms with Gasteiger partial charge in [-0.05, 0) is 31.9 Å². The number of hydrogen-bond donors (Lipinski definition) is 0. The highest BCUT2D eigenvalue weighted by Crippen LogP contribution is 2.40. The Labute approximate surface area is 118 Å². The third-order valence-electron chi connectivity index (χ3n) is 3.88. The van der Waals surface area contributed by atoms with Gasteiger partial charge in [0.05, 0.1) is 17.9 Å². The molecule has 0 amide bonds. The first-order chi connectivity index (χ1) is 9.54. The molecule has 1 aliphatic rings. The molecule has 1 aliphatic heterocycles. The molecule has 1 atom stereocenters. The highest BCUT2D eigenvalue weighted by Gasteiger charge is 2.43. The van der Waals surface area contributed by atoms with Crippen molar-refractivity contribution in [2.24, 2.45) is 0 Å². The van der Waals surface area contributed by atoms with Crippen molar-refractivity contribution >= 4 is 5.97 Å². The maximum atomic E-state index is 12.1. The second kappa shape index (κ2) is 4.47. The predicted molar refractivity (Wildman–Crippen MR) is 75.7 cm³/mol. The van der Waals surface area contributed by atoms with Crippen LogP contribution in [-0.2, 0) is 11.2 Å². The molecule has 2 aromatic rings. The van der Waals surface area contributed by atoms with Crippen LogP contribution in [0.25, 0.3) is 0 Å². The summed E-state index contributed by atoms with van der Waals surface area (Å²) in [5, 5.41) is 0. The summed E-state index contributed by atoms with van der Waals surface area (Å²) in [4.78, 5) is 16.4. The van der Waals surface area contributed by atoms with Crippen LogP contribution in [0.15, 0.2) is 36.8 Å². The van der Waals surface area contributed by atoms with Gasteiger partial charge in [-0.1, -0.05) is 25.1 Å². The van der Waals surface area contributed by atoms with Gasteiger partial charge >= 0.3 is 5.97 Å². The van der Waals surface area contributed by atoms with Crippen molar-refractivity contribution < 1.29 is 9.53 Å². The molecule has 4 heteroatoms. The number of aromatic nitrogens is 2. The molecule has 0 saturated heterocycles. The summed E-state index contributed by atoms with van der Waals surface area (Å²) in [6.45, 7) is 6.00. The van der Waals surface area contributed by atoms with Crippen LogP contribution in [0.2, 0.25) is 0 Å². The van der Waals surface area contributed by atoms with E-state index in [9.17, 15) is 4.79 Å². The van der Waals surface area contributed by atoms with Gasteiger partial charge in [-0.3, -0.25) is 0 Å². The summed E-state index contributed by atoms with van der Waals surface area (Å²) in [6.07, 6.45) is 4.58. The van der Waals surface area contributed by atoms with Gasteiger partial charge in [-0.25, -0.2) is 9.78 Å². The fraction of sp³-hybridized carbons (Fsp3) is 0.375. The first-order valence-corrected chi connectivity index (χ1v) is 6.87. The monoisotopic (exact) mass is 270 g/mol. The molecule has 0 spiro atoms. The zero-order valence-electron chi connectivity index (χ0n) is 12.0. The molecule has 104 valence electrons. The molecule has 0 saturated carbocycles. The summed E-state index contributed by atoms with van der Waals surface area (Å²) < 4.78 is 7.76. The molecular formula is C16H18N2O2. The van der Waals surface area contributed by atoms with Crippen molar-refractivity contribution in [2.75, 3.05) is 0 Å². The topological polar surface area (TPSA) is 44.1 Å². The second-order valence-corrected chi connectivity index (χ2v) is 5.63. The van der Waals surface area contributed by atoms with Crippen molar-refractivity contribution in [3.63, 3.8) is 0 Å². The van der Waals surface area contributed by atoms with E-state index in [1.807, 2.05) is 50.6 Å². The SMILES string of the molecule is CCc1cncn1[C@H]1c2ccccc2C(=O)OC1(C)C. The zero-order valence-corrected chi connectivity index (χ0v) is 12.0. The minimum Gasteiger partial charge on any atom is -0.453 e. The summed E-state index contributed by atoms with van der Waals surface area (Å²) in [6, 6.07) is 7.60. The van der Waals surface area contributed by atoms with E-state index in [4.69, 9.17) is 4.74 Å². The Kier molecular flexibility index (Phi) is 2.89. The van der Waals surface area contributed by atoms with Gasteiger partial charge in [0.1, 0.15) is 5.60 Å². The van der Waals surface area contributed by atoms with Crippen molar-refractivity contribution in [3.8, 4) is 0 Å². The number of cyclic esters (lactones) is 1. The molecule has 20 heavy (non-hydrogen) atoms. The van der Waals surface area contributed by atoms with Crippen LogP contribution < -0.4 is 0 Å². The molecule has 0 N–H and O–H groups in total. The minimum atomic E-state index is -0.601. The van der Waals surface area contributed by atoms with E-state index in [2.05, 4.69) is 16.5 Å². The van der Waals surface area contributed by atoms with E-state index in [-0.39, 0.29) is 12.0 Å². The number of fused-ring (bicyclic) bond motifs is 1. The maximum Gasteiger partial charge on any atom is 0.339 e. The molecule has 0 fully saturated rings. The lowest BCUT2D eigenvalue weighted by Gasteiger charge is -2.40. The van der Waals surface area contributed by atoms with E-state index in [1.165, 1.54) is 0 Å². The summed E-state index contributed by atoms with van der Waals surface area (Å²) in [7, 11) is 0. The molecule has 1 aromatic heterocycles. The Hall–Kier alpha value is -2.10. The number of hydrogen-bond acceptors (Lipinski definition) is 3. The molecule has 2 heterocycles. The number of ether oxygens (including phenoxy) is 1. The van der Waals surface area contributed by atoms with E-state index in [1.54, 1.807) is 0 Å².